The fourth-order valence-electron chi connectivity index (χ4n) is 4.68. The zero-order chi connectivity index (χ0) is 20.5. The lowest BCUT2D eigenvalue weighted by molar-refractivity contribution is 0.0775. The maximum Gasteiger partial charge on any atom is 0.254 e. The second kappa shape index (κ2) is 8.19. The summed E-state index contributed by atoms with van der Waals surface area (Å²) in [5, 5.41) is 0.968. The van der Waals surface area contributed by atoms with Crippen LogP contribution < -0.4 is 0 Å². The van der Waals surface area contributed by atoms with E-state index in [-0.39, 0.29) is 5.91 Å². The Labute approximate surface area is 178 Å². The van der Waals surface area contributed by atoms with Crippen LogP contribution in [0.1, 0.15) is 46.8 Å². The smallest absolute Gasteiger partial charge is 0.254 e. The summed E-state index contributed by atoms with van der Waals surface area (Å²) in [4.78, 5) is 22.6. The van der Waals surface area contributed by atoms with Crippen molar-refractivity contribution in [2.75, 3.05) is 26.7 Å². The third kappa shape index (κ3) is 4.10. The molecule has 3 aromatic rings. The number of fused-ring (bicyclic) bond motifs is 1. The number of carbonyl (C=O) groups is 1. The Kier molecular flexibility index (Phi) is 5.26. The number of pyridine rings is 1. The van der Waals surface area contributed by atoms with Crippen LogP contribution in [0.2, 0.25) is 0 Å². The lowest BCUT2D eigenvalue weighted by Crippen LogP contribution is -2.33. The van der Waals surface area contributed by atoms with Crippen LogP contribution in [0.4, 0.5) is 0 Å². The summed E-state index contributed by atoms with van der Waals surface area (Å²) in [5.41, 5.74) is 4.19. The molecule has 0 N–H and O–H groups in total. The predicted octanol–water partition coefficient (Wildman–Crippen LogP) is 4.71. The highest BCUT2D eigenvalue weighted by Crippen LogP contribution is 2.40. The van der Waals surface area contributed by atoms with Gasteiger partial charge in [0.05, 0.1) is 11.1 Å². The maximum atomic E-state index is 13.4. The minimum Gasteiger partial charge on any atom is -0.341 e. The maximum absolute atomic E-state index is 13.4. The largest absolute Gasteiger partial charge is 0.341 e. The van der Waals surface area contributed by atoms with Crippen LogP contribution in [0.25, 0.3) is 10.9 Å². The van der Waals surface area contributed by atoms with Gasteiger partial charge in [-0.2, -0.15) is 0 Å². The van der Waals surface area contributed by atoms with Gasteiger partial charge in [-0.1, -0.05) is 48.5 Å². The van der Waals surface area contributed by atoms with Crippen molar-refractivity contribution >= 4 is 16.8 Å². The molecule has 0 spiro atoms. The summed E-state index contributed by atoms with van der Waals surface area (Å²) in [7, 11) is 1.95. The molecule has 1 unspecified atom stereocenters. The van der Waals surface area contributed by atoms with Crippen molar-refractivity contribution in [3.05, 3.63) is 77.5 Å². The minimum atomic E-state index is 0.122. The highest BCUT2D eigenvalue weighted by molar-refractivity contribution is 6.06. The van der Waals surface area contributed by atoms with Crippen LogP contribution in [0, 0.1) is 5.92 Å². The minimum absolute atomic E-state index is 0.122. The van der Waals surface area contributed by atoms with Crippen molar-refractivity contribution in [3.63, 3.8) is 0 Å². The Morgan fingerprint density at radius 1 is 1.07 bits per heavy atom. The zero-order valence-corrected chi connectivity index (χ0v) is 17.6. The fourth-order valence-corrected chi connectivity index (χ4v) is 4.68. The molecule has 0 bridgehead atoms. The van der Waals surface area contributed by atoms with Crippen molar-refractivity contribution in [2.45, 2.75) is 31.7 Å². The molecule has 154 valence electrons. The number of hydrogen-bond donors (Lipinski definition) is 0. The van der Waals surface area contributed by atoms with Gasteiger partial charge in [0.2, 0.25) is 0 Å². The fraction of sp³-hybridized carbons (Fsp3) is 0.385. The SMILES string of the molecule is CN(CC1CCN(Cc2ccccc2)C1)C(=O)c1cc(C2CC2)nc2ccccc12. The summed E-state index contributed by atoms with van der Waals surface area (Å²) in [5.74, 6) is 1.18. The number of amides is 1. The van der Waals surface area contributed by atoms with E-state index in [9.17, 15) is 4.79 Å². The van der Waals surface area contributed by atoms with E-state index >= 15 is 0 Å². The quantitative estimate of drug-likeness (QED) is 0.602. The molecule has 1 aliphatic heterocycles. The van der Waals surface area contributed by atoms with Gasteiger partial charge >= 0.3 is 0 Å². The summed E-state index contributed by atoms with van der Waals surface area (Å²) in [6.07, 6.45) is 3.52. The molecule has 4 nitrogen and oxygen atoms in total. The van der Waals surface area contributed by atoms with E-state index in [1.807, 2.05) is 36.2 Å². The molecule has 2 fully saturated rings. The van der Waals surface area contributed by atoms with Gasteiger partial charge in [0.1, 0.15) is 0 Å². The topological polar surface area (TPSA) is 36.4 Å². The van der Waals surface area contributed by atoms with Gasteiger partial charge in [-0.3, -0.25) is 14.7 Å². The Bertz CT molecular complexity index is 1040. The predicted molar refractivity (Wildman–Crippen MR) is 121 cm³/mol. The van der Waals surface area contributed by atoms with Crippen LogP contribution >= 0.6 is 0 Å². The molecule has 1 saturated carbocycles. The standard InChI is InChI=1S/C26H29N3O/c1-28(16-20-13-14-29(18-20)17-19-7-3-2-4-8-19)26(30)23-15-25(21-11-12-21)27-24-10-6-5-9-22(23)24/h2-10,15,20-21H,11-14,16-18H2,1H3. The molecule has 1 aliphatic carbocycles. The first-order valence-electron chi connectivity index (χ1n) is 11.1. The molecule has 1 amide bonds. The van der Waals surface area contributed by atoms with E-state index in [4.69, 9.17) is 4.98 Å². The first-order chi connectivity index (χ1) is 14.7. The number of benzene rings is 2. The van der Waals surface area contributed by atoms with Crippen LogP contribution in [-0.4, -0.2) is 47.4 Å². The highest BCUT2D eigenvalue weighted by Gasteiger charge is 2.29. The molecule has 2 heterocycles. The van der Waals surface area contributed by atoms with Gasteiger partial charge in [-0.25, -0.2) is 0 Å². The van der Waals surface area contributed by atoms with Gasteiger partial charge in [-0.15, -0.1) is 0 Å². The van der Waals surface area contributed by atoms with E-state index in [2.05, 4.69) is 41.3 Å². The molecule has 0 radical (unpaired) electrons. The lowest BCUT2D eigenvalue weighted by atomic mass is 10.0. The van der Waals surface area contributed by atoms with Gasteiger partial charge in [-0.05, 0) is 49.4 Å². The zero-order valence-electron chi connectivity index (χ0n) is 17.6. The van der Waals surface area contributed by atoms with E-state index in [0.717, 1.165) is 54.8 Å². The molecule has 4 heteroatoms. The Hall–Kier alpha value is -2.72. The Balaban J connectivity index is 1.28. The molecule has 2 aromatic carbocycles. The first-order valence-corrected chi connectivity index (χ1v) is 11.1. The molecule has 2 aliphatic rings. The number of hydrogen-bond acceptors (Lipinski definition) is 3. The lowest BCUT2D eigenvalue weighted by Gasteiger charge is -2.23. The van der Waals surface area contributed by atoms with Gasteiger partial charge < -0.3 is 4.90 Å². The van der Waals surface area contributed by atoms with E-state index in [1.54, 1.807) is 0 Å². The average molecular weight is 400 g/mol. The molecule has 1 aromatic heterocycles. The van der Waals surface area contributed by atoms with Crippen molar-refractivity contribution in [3.8, 4) is 0 Å². The van der Waals surface area contributed by atoms with Crippen LogP contribution in [0.15, 0.2) is 60.7 Å². The average Bonchev–Trinajstić information content (AvgIpc) is 3.54. The van der Waals surface area contributed by atoms with Crippen molar-refractivity contribution < 1.29 is 4.79 Å². The Morgan fingerprint density at radius 2 is 1.83 bits per heavy atom. The van der Waals surface area contributed by atoms with E-state index in [1.165, 1.54) is 18.4 Å². The Morgan fingerprint density at radius 3 is 2.63 bits per heavy atom. The molecule has 1 atom stereocenters. The van der Waals surface area contributed by atoms with Crippen molar-refractivity contribution in [2.24, 2.45) is 5.92 Å². The van der Waals surface area contributed by atoms with Crippen LogP contribution in [0.5, 0.6) is 0 Å². The number of likely N-dealkylation sites (tertiary alicyclic amines) is 1. The van der Waals surface area contributed by atoms with Crippen molar-refractivity contribution in [1.29, 1.82) is 0 Å². The molecule has 1 saturated heterocycles. The number of para-hydroxylation sites is 1. The normalized spacial score (nSPS) is 19.3. The molecular formula is C26H29N3O. The van der Waals surface area contributed by atoms with Gasteiger partial charge in [0.15, 0.2) is 0 Å². The second-order valence-electron chi connectivity index (χ2n) is 8.95. The van der Waals surface area contributed by atoms with Crippen LogP contribution in [0.3, 0.4) is 0 Å². The van der Waals surface area contributed by atoms with Gasteiger partial charge in [0, 0.05) is 43.7 Å². The van der Waals surface area contributed by atoms with Crippen LogP contribution in [-0.2, 0) is 6.54 Å². The molecule has 5 rings (SSSR count). The summed E-state index contributed by atoms with van der Waals surface area (Å²) in [6.45, 7) is 3.96. The number of nitrogens with zero attached hydrogens (tertiary/aromatic N) is 3. The summed E-state index contributed by atoms with van der Waals surface area (Å²) in [6, 6.07) is 20.7. The summed E-state index contributed by atoms with van der Waals surface area (Å²) >= 11 is 0. The number of carbonyl (C=O) groups excluding carboxylic acids is 1. The molecule has 30 heavy (non-hydrogen) atoms. The first kappa shape index (κ1) is 19.3. The van der Waals surface area contributed by atoms with Gasteiger partial charge in [0.25, 0.3) is 5.91 Å². The number of aromatic nitrogens is 1. The monoisotopic (exact) mass is 399 g/mol. The third-order valence-electron chi connectivity index (χ3n) is 6.46. The molecular weight excluding hydrogens is 370 g/mol. The van der Waals surface area contributed by atoms with E-state index < -0.39 is 0 Å². The van der Waals surface area contributed by atoms with Crippen molar-refractivity contribution in [1.82, 2.24) is 14.8 Å². The highest BCUT2D eigenvalue weighted by atomic mass is 16.2. The second-order valence-corrected chi connectivity index (χ2v) is 8.95. The third-order valence-corrected chi connectivity index (χ3v) is 6.46. The van der Waals surface area contributed by atoms with E-state index in [0.29, 0.717) is 11.8 Å². The number of rotatable bonds is 6. The summed E-state index contributed by atoms with van der Waals surface area (Å²) < 4.78 is 0.